The molecule has 4 saturated carbocycles. The van der Waals surface area contributed by atoms with Crippen LogP contribution in [0.25, 0.3) is 0 Å². The van der Waals surface area contributed by atoms with Crippen molar-refractivity contribution in [1.82, 2.24) is 0 Å². The van der Waals surface area contributed by atoms with E-state index in [0.29, 0.717) is 28.6 Å². The highest BCUT2D eigenvalue weighted by molar-refractivity contribution is 5.36. The van der Waals surface area contributed by atoms with Crippen molar-refractivity contribution in [3.8, 4) is 0 Å². The summed E-state index contributed by atoms with van der Waals surface area (Å²) in [6, 6.07) is 0. The normalized spacial score (nSPS) is 48.7. The van der Waals surface area contributed by atoms with E-state index in [1.165, 1.54) is 57.8 Å². The smallest absolute Gasteiger partial charge is 0.0634 e. The molecular weight excluding hydrogens is 380 g/mol. The second-order valence-electron chi connectivity index (χ2n) is 13.5. The molecular formula is C29H48O2. The van der Waals surface area contributed by atoms with Gasteiger partial charge in [0.15, 0.2) is 0 Å². The molecule has 0 unspecified atom stereocenters. The highest BCUT2D eigenvalue weighted by atomic mass is 16.3. The first kappa shape index (κ1) is 22.5. The van der Waals surface area contributed by atoms with Gasteiger partial charge in [-0.15, -0.1) is 0 Å². The number of aliphatic hydroxyl groups excluding tert-OH is 2. The minimum Gasteiger partial charge on any atom is -0.393 e. The molecule has 176 valence electrons. The first-order valence-electron chi connectivity index (χ1n) is 13.7. The largest absolute Gasteiger partial charge is 0.393 e. The van der Waals surface area contributed by atoms with Gasteiger partial charge >= 0.3 is 0 Å². The summed E-state index contributed by atoms with van der Waals surface area (Å²) in [5.74, 6) is 4.07. The number of hydrogen-bond donors (Lipinski definition) is 2. The zero-order valence-corrected chi connectivity index (χ0v) is 20.9. The molecule has 5 aliphatic rings. The molecule has 1 spiro atoms. The van der Waals surface area contributed by atoms with Gasteiger partial charge in [-0.3, -0.25) is 0 Å². The number of fused-ring (bicyclic) bond motifs is 6. The Morgan fingerprint density at radius 2 is 1.71 bits per heavy atom. The Hall–Kier alpha value is -0.340. The standard InChI is InChI=1S/C29H48O2/c1-18(2)7-6-8-19(3)26-23(30)17-22-20-9-10-24-27(4,21(20)11-13-28(22,26)5)14-12-25(31)29(24)15-16-29/h10,18-23,25-26,30-31H,6-9,11-17H2,1-5H3/t19-,20-,21+,22+,23+,25+,26+,27-,28+/m1/s1. The molecule has 31 heavy (non-hydrogen) atoms. The van der Waals surface area contributed by atoms with E-state index in [0.717, 1.165) is 30.6 Å². The van der Waals surface area contributed by atoms with E-state index in [1.54, 1.807) is 5.57 Å². The van der Waals surface area contributed by atoms with Crippen molar-refractivity contribution in [3.05, 3.63) is 11.6 Å². The van der Waals surface area contributed by atoms with Crippen LogP contribution in [0.2, 0.25) is 0 Å². The van der Waals surface area contributed by atoms with Gasteiger partial charge in [-0.25, -0.2) is 0 Å². The van der Waals surface area contributed by atoms with Crippen LogP contribution in [0.3, 0.4) is 0 Å². The predicted octanol–water partition coefficient (Wildman–Crippen LogP) is 6.75. The third-order valence-electron chi connectivity index (χ3n) is 11.5. The van der Waals surface area contributed by atoms with Gasteiger partial charge in [-0.05, 0) is 97.7 Å². The zero-order chi connectivity index (χ0) is 22.2. The first-order valence-corrected chi connectivity index (χ1v) is 13.7. The lowest BCUT2D eigenvalue weighted by atomic mass is 9.45. The molecule has 4 fully saturated rings. The van der Waals surface area contributed by atoms with Gasteiger partial charge in [0.25, 0.3) is 0 Å². The molecule has 0 heterocycles. The summed E-state index contributed by atoms with van der Waals surface area (Å²) >= 11 is 0. The van der Waals surface area contributed by atoms with Crippen LogP contribution in [-0.4, -0.2) is 22.4 Å². The monoisotopic (exact) mass is 428 g/mol. The average molecular weight is 429 g/mol. The van der Waals surface area contributed by atoms with Gasteiger partial charge in [-0.2, -0.15) is 0 Å². The van der Waals surface area contributed by atoms with Crippen molar-refractivity contribution in [2.75, 3.05) is 0 Å². The van der Waals surface area contributed by atoms with Crippen LogP contribution >= 0.6 is 0 Å². The van der Waals surface area contributed by atoms with Crippen LogP contribution in [0.1, 0.15) is 105 Å². The molecule has 0 radical (unpaired) electrons. The molecule has 2 N–H and O–H groups in total. The maximum atomic E-state index is 11.3. The summed E-state index contributed by atoms with van der Waals surface area (Å²) in [4.78, 5) is 0. The maximum absolute atomic E-state index is 11.3. The van der Waals surface area contributed by atoms with Crippen molar-refractivity contribution in [2.24, 2.45) is 51.8 Å². The quantitative estimate of drug-likeness (QED) is 0.475. The fourth-order valence-electron chi connectivity index (χ4n) is 9.92. The van der Waals surface area contributed by atoms with Crippen LogP contribution in [0.4, 0.5) is 0 Å². The van der Waals surface area contributed by atoms with E-state index in [9.17, 15) is 10.2 Å². The number of rotatable bonds is 5. The SMILES string of the molecule is CC(C)CCC[C@@H](C)[C@H]1[C@@H](O)C[C@H]2[C@@H]3CC=C4C5(CC5)[C@@H](O)CC[C@]4(C)[C@H]3CC[C@]12C. The van der Waals surface area contributed by atoms with Crippen LogP contribution in [-0.2, 0) is 0 Å². The van der Waals surface area contributed by atoms with Gasteiger partial charge in [0.05, 0.1) is 12.2 Å². The third kappa shape index (κ3) is 3.24. The average Bonchev–Trinajstić information content (AvgIpc) is 3.43. The molecule has 0 saturated heterocycles. The van der Waals surface area contributed by atoms with Crippen molar-refractivity contribution in [2.45, 2.75) is 117 Å². The first-order chi connectivity index (χ1) is 14.6. The summed E-state index contributed by atoms with van der Waals surface area (Å²) in [7, 11) is 0. The van der Waals surface area contributed by atoms with Gasteiger partial charge in [0, 0.05) is 5.41 Å². The molecule has 9 atom stereocenters. The molecule has 2 nitrogen and oxygen atoms in total. The Morgan fingerprint density at radius 1 is 0.968 bits per heavy atom. The molecule has 2 heteroatoms. The lowest BCUT2D eigenvalue weighted by Crippen LogP contribution is -2.53. The number of aliphatic hydroxyl groups is 2. The highest BCUT2D eigenvalue weighted by Gasteiger charge is 2.66. The van der Waals surface area contributed by atoms with E-state index >= 15 is 0 Å². The topological polar surface area (TPSA) is 40.5 Å². The molecule has 0 amide bonds. The molecule has 0 aromatic rings. The minimum absolute atomic E-state index is 0.0957. The van der Waals surface area contributed by atoms with E-state index in [2.05, 4.69) is 40.7 Å². The highest BCUT2D eigenvalue weighted by Crippen LogP contribution is 2.72. The Balaban J connectivity index is 1.38. The van der Waals surface area contributed by atoms with Crippen LogP contribution in [0, 0.1) is 51.8 Å². The van der Waals surface area contributed by atoms with Gasteiger partial charge < -0.3 is 10.2 Å². The Bertz CT molecular complexity index is 720. The maximum Gasteiger partial charge on any atom is 0.0634 e. The number of allylic oxidation sites excluding steroid dienone is 1. The Kier molecular flexibility index (Phi) is 5.50. The second-order valence-corrected chi connectivity index (χ2v) is 13.5. The third-order valence-corrected chi connectivity index (χ3v) is 11.5. The van der Waals surface area contributed by atoms with E-state index < -0.39 is 0 Å². The molecule has 0 aliphatic heterocycles. The fourth-order valence-corrected chi connectivity index (χ4v) is 9.92. The van der Waals surface area contributed by atoms with Gasteiger partial charge in [-0.1, -0.05) is 65.5 Å². The Labute approximate surface area is 191 Å². The summed E-state index contributed by atoms with van der Waals surface area (Å²) in [6.45, 7) is 12.2. The van der Waals surface area contributed by atoms with Crippen molar-refractivity contribution in [3.63, 3.8) is 0 Å². The molecule has 5 rings (SSSR count). The van der Waals surface area contributed by atoms with Crippen molar-refractivity contribution < 1.29 is 10.2 Å². The summed E-state index contributed by atoms with van der Waals surface area (Å²) in [5, 5.41) is 22.1. The van der Waals surface area contributed by atoms with E-state index in [1.807, 2.05) is 0 Å². The van der Waals surface area contributed by atoms with Crippen molar-refractivity contribution >= 4 is 0 Å². The zero-order valence-electron chi connectivity index (χ0n) is 20.9. The minimum atomic E-state index is -0.107. The summed E-state index contributed by atoms with van der Waals surface area (Å²) in [6.07, 6.45) is 15.8. The molecule has 5 aliphatic carbocycles. The number of hydrogen-bond acceptors (Lipinski definition) is 2. The second kappa shape index (κ2) is 7.59. The van der Waals surface area contributed by atoms with Crippen LogP contribution in [0.5, 0.6) is 0 Å². The van der Waals surface area contributed by atoms with Gasteiger partial charge in [0.1, 0.15) is 0 Å². The lowest BCUT2D eigenvalue weighted by molar-refractivity contribution is -0.0723. The molecule has 0 aromatic carbocycles. The van der Waals surface area contributed by atoms with E-state index in [-0.39, 0.29) is 17.6 Å². The van der Waals surface area contributed by atoms with E-state index in [4.69, 9.17) is 0 Å². The fraction of sp³-hybridized carbons (Fsp3) is 0.931. The molecule has 0 bridgehead atoms. The Morgan fingerprint density at radius 3 is 2.39 bits per heavy atom. The van der Waals surface area contributed by atoms with Crippen LogP contribution in [0.15, 0.2) is 11.6 Å². The predicted molar refractivity (Wildman–Crippen MR) is 127 cm³/mol. The van der Waals surface area contributed by atoms with Crippen LogP contribution < -0.4 is 0 Å². The van der Waals surface area contributed by atoms with Crippen molar-refractivity contribution in [1.29, 1.82) is 0 Å². The molecule has 0 aromatic heterocycles. The summed E-state index contributed by atoms with van der Waals surface area (Å²) < 4.78 is 0. The lowest BCUT2D eigenvalue weighted by Gasteiger charge is -2.60. The summed E-state index contributed by atoms with van der Waals surface area (Å²) in [5.41, 5.74) is 2.42. The van der Waals surface area contributed by atoms with Gasteiger partial charge in [0.2, 0.25) is 0 Å².